The van der Waals surface area contributed by atoms with Gasteiger partial charge in [-0.25, -0.2) is 14.4 Å². The smallest absolute Gasteiger partial charge is 0.315 e. The van der Waals surface area contributed by atoms with Gasteiger partial charge in [-0.1, -0.05) is 30.8 Å². The van der Waals surface area contributed by atoms with Gasteiger partial charge in [0.15, 0.2) is 11.0 Å². The van der Waals surface area contributed by atoms with Crippen LogP contribution >= 0.6 is 11.8 Å². The van der Waals surface area contributed by atoms with Crippen molar-refractivity contribution in [3.05, 3.63) is 51.6 Å². The highest BCUT2D eigenvalue weighted by Gasteiger charge is 2.41. The highest BCUT2D eigenvalue weighted by Crippen LogP contribution is 2.40. The average molecular weight is 389 g/mol. The number of carbonyl (C=O) groups excluding carboxylic acids is 1. The molecule has 8 heteroatoms. The number of halogens is 1. The van der Waals surface area contributed by atoms with E-state index in [2.05, 4.69) is 15.0 Å². The van der Waals surface area contributed by atoms with Crippen molar-refractivity contribution in [3.63, 3.8) is 0 Å². The molecule has 2 atom stereocenters. The van der Waals surface area contributed by atoms with Gasteiger partial charge in [0.05, 0.1) is 12.7 Å². The van der Waals surface area contributed by atoms with Gasteiger partial charge in [0, 0.05) is 17.4 Å². The van der Waals surface area contributed by atoms with Gasteiger partial charge in [-0.15, -0.1) is 0 Å². The van der Waals surface area contributed by atoms with E-state index in [1.54, 1.807) is 19.1 Å². The van der Waals surface area contributed by atoms with Crippen molar-refractivity contribution in [3.8, 4) is 0 Å². The van der Waals surface area contributed by atoms with Crippen molar-refractivity contribution >= 4 is 29.3 Å². The van der Waals surface area contributed by atoms with E-state index in [0.29, 0.717) is 16.4 Å². The van der Waals surface area contributed by atoms with Crippen molar-refractivity contribution < 1.29 is 13.9 Å². The van der Waals surface area contributed by atoms with Crippen molar-refractivity contribution in [1.29, 1.82) is 0 Å². The third-order valence-corrected chi connectivity index (χ3v) is 5.48. The molecule has 3 rings (SSSR count). The molecule has 1 aliphatic heterocycles. The van der Waals surface area contributed by atoms with Gasteiger partial charge in [0.1, 0.15) is 11.7 Å². The lowest BCUT2D eigenvalue weighted by Gasteiger charge is -2.29. The molecule has 0 radical (unpaired) electrons. The van der Waals surface area contributed by atoms with Crippen LogP contribution in [0.4, 0.5) is 10.2 Å². The maximum atomic E-state index is 13.9. The quantitative estimate of drug-likeness (QED) is 0.481. The van der Waals surface area contributed by atoms with Crippen LogP contribution in [-0.4, -0.2) is 34.5 Å². The SMILES string of the molecule is CCCSc1nc2c(c(=O)[nH]1)C(c1cccc(F)c1)C(C(=O)OC)C(C)=N2. The molecule has 2 heterocycles. The number of ether oxygens (including phenoxy) is 1. The fourth-order valence-electron chi connectivity index (χ4n) is 3.22. The molecule has 1 aromatic carbocycles. The van der Waals surface area contributed by atoms with E-state index in [-0.39, 0.29) is 16.9 Å². The second-order valence-corrected chi connectivity index (χ2v) is 7.33. The van der Waals surface area contributed by atoms with Crippen LogP contribution in [0.1, 0.15) is 37.3 Å². The number of methoxy groups -OCH3 is 1. The molecule has 2 unspecified atom stereocenters. The summed E-state index contributed by atoms with van der Waals surface area (Å²) in [6.07, 6.45) is 0.935. The molecule has 0 saturated carbocycles. The zero-order valence-electron chi connectivity index (χ0n) is 15.3. The van der Waals surface area contributed by atoms with Crippen LogP contribution in [0, 0.1) is 11.7 Å². The third kappa shape index (κ3) is 3.80. The fraction of sp³-hybridized carbons (Fsp3) is 0.368. The molecule has 0 saturated heterocycles. The van der Waals surface area contributed by atoms with Crippen LogP contribution in [0.15, 0.2) is 39.2 Å². The van der Waals surface area contributed by atoms with E-state index in [4.69, 9.17) is 4.74 Å². The zero-order valence-corrected chi connectivity index (χ0v) is 16.1. The zero-order chi connectivity index (χ0) is 19.6. The first-order valence-corrected chi connectivity index (χ1v) is 9.60. The monoisotopic (exact) mass is 389 g/mol. The average Bonchev–Trinajstić information content (AvgIpc) is 2.64. The van der Waals surface area contributed by atoms with Gasteiger partial charge >= 0.3 is 5.97 Å². The summed E-state index contributed by atoms with van der Waals surface area (Å²) in [4.78, 5) is 36.9. The standard InChI is InChI=1S/C19H20FN3O3S/c1-4-8-27-19-22-16-15(17(24)23-19)14(11-6-5-7-12(20)9-11)13(10(2)21-16)18(25)26-3/h5-7,9,13-14H,4,8H2,1-3H3,(H,22,23,24). The molecular formula is C19H20FN3O3S. The minimum Gasteiger partial charge on any atom is -0.468 e. The number of hydrogen-bond acceptors (Lipinski definition) is 6. The van der Waals surface area contributed by atoms with E-state index >= 15 is 0 Å². The van der Waals surface area contributed by atoms with Gasteiger partial charge in [0.25, 0.3) is 5.56 Å². The Morgan fingerprint density at radius 3 is 2.85 bits per heavy atom. The molecule has 0 spiro atoms. The lowest BCUT2D eigenvalue weighted by molar-refractivity contribution is -0.143. The lowest BCUT2D eigenvalue weighted by atomic mass is 9.77. The van der Waals surface area contributed by atoms with Crippen LogP contribution in [0.5, 0.6) is 0 Å². The Labute approximate surface area is 160 Å². The van der Waals surface area contributed by atoms with Crippen LogP contribution in [0.25, 0.3) is 0 Å². The maximum Gasteiger partial charge on any atom is 0.315 e. The topological polar surface area (TPSA) is 84.4 Å². The molecule has 1 aromatic heterocycles. The van der Waals surface area contributed by atoms with Gasteiger partial charge < -0.3 is 9.72 Å². The van der Waals surface area contributed by atoms with E-state index in [9.17, 15) is 14.0 Å². The Kier molecular flexibility index (Phi) is 5.74. The minimum atomic E-state index is -0.818. The molecule has 1 aliphatic rings. The molecule has 142 valence electrons. The number of aromatic amines is 1. The number of aliphatic imine (C=N–C) groups is 1. The third-order valence-electron chi connectivity index (χ3n) is 4.40. The number of esters is 1. The number of aromatic nitrogens is 2. The first kappa shape index (κ1) is 19.3. The van der Waals surface area contributed by atoms with E-state index in [1.165, 1.54) is 31.0 Å². The number of rotatable bonds is 5. The highest BCUT2D eigenvalue weighted by molar-refractivity contribution is 7.99. The molecule has 27 heavy (non-hydrogen) atoms. The number of H-pyrrole nitrogens is 1. The predicted molar refractivity (Wildman–Crippen MR) is 102 cm³/mol. The molecule has 1 N–H and O–H groups in total. The van der Waals surface area contributed by atoms with Crippen molar-refractivity contribution in [2.45, 2.75) is 31.3 Å². The second-order valence-electron chi connectivity index (χ2n) is 6.24. The van der Waals surface area contributed by atoms with Gasteiger partial charge in [-0.2, -0.15) is 0 Å². The number of carbonyl (C=O) groups is 1. The van der Waals surface area contributed by atoms with Gasteiger partial charge in [-0.3, -0.25) is 9.59 Å². The van der Waals surface area contributed by atoms with Crippen LogP contribution < -0.4 is 5.56 Å². The summed E-state index contributed by atoms with van der Waals surface area (Å²) < 4.78 is 18.8. The lowest BCUT2D eigenvalue weighted by Crippen LogP contribution is -2.36. The first-order chi connectivity index (χ1) is 13.0. The number of nitrogens with zero attached hydrogens (tertiary/aromatic N) is 2. The van der Waals surface area contributed by atoms with Crippen LogP contribution in [-0.2, 0) is 9.53 Å². The molecule has 0 bridgehead atoms. The largest absolute Gasteiger partial charge is 0.468 e. The first-order valence-electron chi connectivity index (χ1n) is 8.61. The van der Waals surface area contributed by atoms with E-state index in [1.807, 2.05) is 6.92 Å². The number of thioether (sulfide) groups is 1. The summed E-state index contributed by atoms with van der Waals surface area (Å²) in [7, 11) is 1.28. The number of fused-ring (bicyclic) bond motifs is 1. The summed E-state index contributed by atoms with van der Waals surface area (Å²) >= 11 is 1.43. The number of hydrogen-bond donors (Lipinski definition) is 1. The van der Waals surface area contributed by atoms with Crippen molar-refractivity contribution in [1.82, 2.24) is 9.97 Å². The molecule has 6 nitrogen and oxygen atoms in total. The maximum absolute atomic E-state index is 13.9. The Bertz CT molecular complexity index is 957. The predicted octanol–water partition coefficient (Wildman–Crippen LogP) is 3.44. The van der Waals surface area contributed by atoms with Gasteiger partial charge in [-0.05, 0) is 31.0 Å². The summed E-state index contributed by atoms with van der Waals surface area (Å²) in [5.41, 5.74) is 0.857. The minimum absolute atomic E-state index is 0.252. The molecule has 0 amide bonds. The van der Waals surface area contributed by atoms with Crippen molar-refractivity contribution in [2.24, 2.45) is 10.9 Å². The Hall–Kier alpha value is -2.48. The molecule has 0 fully saturated rings. The summed E-state index contributed by atoms with van der Waals surface area (Å²) in [6.45, 7) is 3.73. The summed E-state index contributed by atoms with van der Waals surface area (Å²) in [6, 6.07) is 5.87. The normalized spacial score (nSPS) is 18.6. The second kappa shape index (κ2) is 8.04. The van der Waals surface area contributed by atoms with Crippen LogP contribution in [0.2, 0.25) is 0 Å². The summed E-state index contributed by atoms with van der Waals surface area (Å²) in [5, 5.41) is 0.478. The van der Waals surface area contributed by atoms with E-state index in [0.717, 1.165) is 12.2 Å². The Morgan fingerprint density at radius 1 is 1.41 bits per heavy atom. The van der Waals surface area contributed by atoms with Crippen LogP contribution in [0.3, 0.4) is 0 Å². The van der Waals surface area contributed by atoms with E-state index < -0.39 is 23.6 Å². The highest BCUT2D eigenvalue weighted by atomic mass is 32.2. The molecule has 0 aliphatic carbocycles. The summed E-state index contributed by atoms with van der Waals surface area (Å²) in [5.74, 6) is -1.44. The number of benzene rings is 1. The molecular weight excluding hydrogens is 369 g/mol. The van der Waals surface area contributed by atoms with Crippen molar-refractivity contribution in [2.75, 3.05) is 12.9 Å². The Morgan fingerprint density at radius 2 is 2.19 bits per heavy atom. The molecule has 2 aromatic rings. The van der Waals surface area contributed by atoms with Gasteiger partial charge in [0.2, 0.25) is 0 Å². The fourth-order valence-corrected chi connectivity index (χ4v) is 3.93. The Balaban J connectivity index is 2.21. The number of nitrogens with one attached hydrogen (secondary N) is 1.